The number of primary sulfonamides is 1. The minimum atomic E-state index is -4.45. The summed E-state index contributed by atoms with van der Waals surface area (Å²) in [4.78, 5) is 10.9. The van der Waals surface area contributed by atoms with Gasteiger partial charge in [-0.1, -0.05) is 19.8 Å². The van der Waals surface area contributed by atoms with Gasteiger partial charge in [0.25, 0.3) is 5.91 Å². The van der Waals surface area contributed by atoms with E-state index in [9.17, 15) is 22.0 Å². The van der Waals surface area contributed by atoms with Crippen LogP contribution >= 0.6 is 0 Å². The molecular formula is C13H18F2N2O3S. The molecular weight excluding hydrogens is 302 g/mol. The van der Waals surface area contributed by atoms with Crippen LogP contribution in [0.2, 0.25) is 0 Å². The molecule has 8 heteroatoms. The Kier molecular flexibility index (Phi) is 5.79. The number of nitrogens with one attached hydrogen (secondary N) is 1. The van der Waals surface area contributed by atoms with E-state index in [0.29, 0.717) is 18.6 Å². The second-order valence-corrected chi connectivity index (χ2v) is 6.36. The van der Waals surface area contributed by atoms with E-state index < -0.39 is 38.0 Å². The third-order valence-corrected chi connectivity index (χ3v) is 3.83. The number of benzene rings is 1. The monoisotopic (exact) mass is 320 g/mol. The first-order chi connectivity index (χ1) is 9.66. The molecule has 1 unspecified atom stereocenters. The molecule has 3 N–H and O–H groups in total. The molecule has 0 aromatic heterocycles. The Morgan fingerprint density at radius 1 is 1.38 bits per heavy atom. The molecule has 0 heterocycles. The molecule has 0 fully saturated rings. The standard InChI is InChI=1S/C13H18F2N2O3S/c1-3-4-5-8(2)17-13(18)10-6-9(14)7-11(12(10)15)21(16,19)20/h6-8H,3-5H2,1-2H3,(H,17,18)(H2,16,19,20). The lowest BCUT2D eigenvalue weighted by Crippen LogP contribution is -2.33. The predicted octanol–water partition coefficient (Wildman–Crippen LogP) is 1.92. The van der Waals surface area contributed by atoms with Crippen molar-refractivity contribution in [3.8, 4) is 0 Å². The maximum Gasteiger partial charge on any atom is 0.254 e. The van der Waals surface area contributed by atoms with Crippen LogP contribution in [0.4, 0.5) is 8.78 Å². The lowest BCUT2D eigenvalue weighted by molar-refractivity contribution is 0.0932. The number of carbonyl (C=O) groups is 1. The molecule has 1 aromatic rings. The van der Waals surface area contributed by atoms with E-state index >= 15 is 0 Å². The molecule has 0 radical (unpaired) electrons. The van der Waals surface area contributed by atoms with Crippen LogP contribution in [0.1, 0.15) is 43.5 Å². The van der Waals surface area contributed by atoms with Gasteiger partial charge in [-0.2, -0.15) is 0 Å². The molecule has 1 atom stereocenters. The van der Waals surface area contributed by atoms with Gasteiger partial charge in [-0.15, -0.1) is 0 Å². The van der Waals surface area contributed by atoms with Crippen molar-refractivity contribution < 1.29 is 22.0 Å². The largest absolute Gasteiger partial charge is 0.349 e. The highest BCUT2D eigenvalue weighted by molar-refractivity contribution is 7.89. The van der Waals surface area contributed by atoms with E-state index in [0.717, 1.165) is 12.8 Å². The second kappa shape index (κ2) is 6.95. The number of unbranched alkanes of at least 4 members (excludes halogenated alkanes) is 1. The van der Waals surface area contributed by atoms with Crippen molar-refractivity contribution in [3.05, 3.63) is 29.3 Å². The van der Waals surface area contributed by atoms with Gasteiger partial charge in [0.15, 0.2) is 5.82 Å². The first-order valence-corrected chi connectivity index (χ1v) is 8.04. The predicted molar refractivity (Wildman–Crippen MR) is 74.2 cm³/mol. The van der Waals surface area contributed by atoms with Gasteiger partial charge in [0.05, 0.1) is 5.56 Å². The Morgan fingerprint density at radius 3 is 2.52 bits per heavy atom. The van der Waals surface area contributed by atoms with Crippen molar-refractivity contribution in [2.45, 2.75) is 44.0 Å². The molecule has 21 heavy (non-hydrogen) atoms. The van der Waals surface area contributed by atoms with Gasteiger partial charge in [-0.25, -0.2) is 22.3 Å². The number of amides is 1. The van der Waals surface area contributed by atoms with Gasteiger partial charge in [0.1, 0.15) is 10.7 Å². The van der Waals surface area contributed by atoms with Gasteiger partial charge >= 0.3 is 0 Å². The fourth-order valence-electron chi connectivity index (χ4n) is 1.82. The van der Waals surface area contributed by atoms with Crippen LogP contribution in [-0.2, 0) is 10.0 Å². The third kappa shape index (κ3) is 4.75. The highest BCUT2D eigenvalue weighted by Gasteiger charge is 2.23. The van der Waals surface area contributed by atoms with Gasteiger partial charge < -0.3 is 5.32 Å². The van der Waals surface area contributed by atoms with E-state index in [2.05, 4.69) is 5.32 Å². The number of nitrogens with two attached hydrogens (primary N) is 1. The number of hydrogen-bond donors (Lipinski definition) is 2. The van der Waals surface area contributed by atoms with Crippen molar-refractivity contribution in [1.29, 1.82) is 0 Å². The molecule has 1 rings (SSSR count). The topological polar surface area (TPSA) is 89.3 Å². The summed E-state index contributed by atoms with van der Waals surface area (Å²) < 4.78 is 49.8. The highest BCUT2D eigenvalue weighted by atomic mass is 32.2. The van der Waals surface area contributed by atoms with Crippen molar-refractivity contribution in [3.63, 3.8) is 0 Å². The van der Waals surface area contributed by atoms with Crippen LogP contribution in [0, 0.1) is 11.6 Å². The van der Waals surface area contributed by atoms with Crippen molar-refractivity contribution in [1.82, 2.24) is 5.32 Å². The molecule has 1 aromatic carbocycles. The van der Waals surface area contributed by atoms with E-state index in [1.54, 1.807) is 6.92 Å². The summed E-state index contributed by atoms with van der Waals surface area (Å²) in [5, 5.41) is 7.29. The molecule has 0 aliphatic carbocycles. The molecule has 0 saturated carbocycles. The lowest BCUT2D eigenvalue weighted by atomic mass is 10.1. The lowest BCUT2D eigenvalue weighted by Gasteiger charge is -2.14. The zero-order valence-electron chi connectivity index (χ0n) is 11.8. The summed E-state index contributed by atoms with van der Waals surface area (Å²) in [6.45, 7) is 3.71. The Balaban J connectivity index is 3.08. The molecule has 0 bridgehead atoms. The highest BCUT2D eigenvalue weighted by Crippen LogP contribution is 2.19. The molecule has 118 valence electrons. The molecule has 1 amide bonds. The molecule has 0 spiro atoms. The maximum atomic E-state index is 14.0. The number of halogens is 2. The number of sulfonamides is 1. The van der Waals surface area contributed by atoms with E-state index in [4.69, 9.17) is 5.14 Å². The van der Waals surface area contributed by atoms with Crippen LogP contribution < -0.4 is 10.5 Å². The molecule has 0 aliphatic heterocycles. The van der Waals surface area contributed by atoms with Gasteiger partial charge in [-0.05, 0) is 25.5 Å². The number of rotatable bonds is 6. The average molecular weight is 320 g/mol. The fourth-order valence-corrected chi connectivity index (χ4v) is 2.46. The zero-order valence-corrected chi connectivity index (χ0v) is 12.6. The normalized spacial score (nSPS) is 13.0. The third-order valence-electron chi connectivity index (χ3n) is 2.92. The number of carbonyl (C=O) groups excluding carboxylic acids is 1. The van der Waals surface area contributed by atoms with Crippen molar-refractivity contribution >= 4 is 15.9 Å². The minimum Gasteiger partial charge on any atom is -0.349 e. The van der Waals surface area contributed by atoms with Crippen LogP contribution in [-0.4, -0.2) is 20.4 Å². The Morgan fingerprint density at radius 2 is 2.00 bits per heavy atom. The quantitative estimate of drug-likeness (QED) is 0.839. The van der Waals surface area contributed by atoms with Gasteiger partial charge in [-0.3, -0.25) is 4.79 Å². The summed E-state index contributed by atoms with van der Waals surface area (Å²) in [6.07, 6.45) is 2.49. The maximum absolute atomic E-state index is 14.0. The van der Waals surface area contributed by atoms with Crippen LogP contribution in [0.5, 0.6) is 0 Å². The van der Waals surface area contributed by atoms with Crippen LogP contribution in [0.15, 0.2) is 17.0 Å². The van der Waals surface area contributed by atoms with Crippen molar-refractivity contribution in [2.75, 3.05) is 0 Å². The smallest absolute Gasteiger partial charge is 0.254 e. The van der Waals surface area contributed by atoms with Gasteiger partial charge in [0, 0.05) is 6.04 Å². The molecule has 5 nitrogen and oxygen atoms in total. The van der Waals surface area contributed by atoms with Crippen LogP contribution in [0.3, 0.4) is 0 Å². The second-order valence-electron chi connectivity index (χ2n) is 4.83. The first kappa shape index (κ1) is 17.5. The first-order valence-electron chi connectivity index (χ1n) is 6.49. The van der Waals surface area contributed by atoms with Gasteiger partial charge in [0.2, 0.25) is 10.0 Å². The van der Waals surface area contributed by atoms with Crippen molar-refractivity contribution in [2.24, 2.45) is 5.14 Å². The molecule has 0 saturated heterocycles. The fraction of sp³-hybridized carbons (Fsp3) is 0.462. The van der Waals surface area contributed by atoms with E-state index in [1.165, 1.54) is 0 Å². The summed E-state index contributed by atoms with van der Waals surface area (Å²) in [5.41, 5.74) is -0.678. The Bertz CT molecular complexity index is 633. The van der Waals surface area contributed by atoms with E-state index in [1.807, 2.05) is 6.92 Å². The number of hydrogen-bond acceptors (Lipinski definition) is 3. The Labute approximate surface area is 122 Å². The molecule has 0 aliphatic rings. The average Bonchev–Trinajstić information content (AvgIpc) is 2.37. The summed E-state index contributed by atoms with van der Waals surface area (Å²) in [7, 11) is -4.45. The van der Waals surface area contributed by atoms with E-state index in [-0.39, 0.29) is 6.04 Å². The summed E-state index contributed by atoms with van der Waals surface area (Å²) in [5.74, 6) is -3.27. The summed E-state index contributed by atoms with van der Waals surface area (Å²) in [6, 6.07) is 0.853. The Hall–Kier alpha value is -1.54. The SMILES string of the molecule is CCCCC(C)NC(=O)c1cc(F)cc(S(N)(=O)=O)c1F. The zero-order chi connectivity index (χ0) is 16.2. The van der Waals surface area contributed by atoms with Crippen LogP contribution in [0.25, 0.3) is 0 Å². The summed E-state index contributed by atoms with van der Waals surface area (Å²) >= 11 is 0. The minimum absolute atomic E-state index is 0.238.